The molecule has 7 nitrogen and oxygen atoms in total. The topological polar surface area (TPSA) is 79.0 Å². The minimum Gasteiger partial charge on any atom is -0.481 e. The van der Waals surface area contributed by atoms with Crippen LogP contribution < -0.4 is 14.4 Å². The van der Waals surface area contributed by atoms with Crippen LogP contribution >= 0.6 is 0 Å². The molecule has 1 heterocycles. The molecule has 0 saturated carbocycles. The van der Waals surface area contributed by atoms with Gasteiger partial charge in [-0.1, -0.05) is 13.3 Å². The smallest absolute Gasteiger partial charge is 0.260 e. The molecule has 1 amide bonds. The molecule has 164 valence electrons. The number of piperidine rings is 1. The predicted octanol–water partition coefficient (Wildman–Crippen LogP) is 2.62. The van der Waals surface area contributed by atoms with Crippen molar-refractivity contribution in [3.8, 4) is 5.75 Å². The molecule has 1 fully saturated rings. The predicted molar refractivity (Wildman–Crippen MR) is 117 cm³/mol. The van der Waals surface area contributed by atoms with Crippen molar-refractivity contribution in [1.29, 1.82) is 0 Å². The third-order valence-corrected chi connectivity index (χ3v) is 6.73. The van der Waals surface area contributed by atoms with Gasteiger partial charge in [-0.3, -0.25) is 9.10 Å². The molecule has 1 saturated heterocycles. The average Bonchev–Trinajstić information content (AvgIpc) is 2.70. The molecule has 1 aliphatic heterocycles. The number of benzene rings is 1. The van der Waals surface area contributed by atoms with E-state index in [1.54, 1.807) is 31.2 Å². The van der Waals surface area contributed by atoms with Gasteiger partial charge in [0.1, 0.15) is 5.75 Å². The molecule has 0 spiro atoms. The maximum atomic E-state index is 12.3. The van der Waals surface area contributed by atoms with E-state index in [1.807, 2.05) is 0 Å². The van der Waals surface area contributed by atoms with E-state index < -0.39 is 16.1 Å². The number of rotatable bonds is 10. The van der Waals surface area contributed by atoms with Crippen LogP contribution in [0, 0.1) is 0 Å². The number of likely N-dealkylation sites (tertiary alicyclic amines) is 1. The summed E-state index contributed by atoms with van der Waals surface area (Å²) >= 11 is 0. The van der Waals surface area contributed by atoms with Crippen LogP contribution in [-0.4, -0.2) is 64.3 Å². The molecular formula is C21H35N3O4S. The number of ether oxygens (including phenoxy) is 1. The summed E-state index contributed by atoms with van der Waals surface area (Å²) in [4.78, 5) is 14.8. The third-order valence-electron chi connectivity index (χ3n) is 5.52. The van der Waals surface area contributed by atoms with E-state index in [2.05, 4.69) is 17.1 Å². The van der Waals surface area contributed by atoms with Crippen molar-refractivity contribution < 1.29 is 17.9 Å². The van der Waals surface area contributed by atoms with Crippen molar-refractivity contribution >= 4 is 21.6 Å². The first-order valence-electron chi connectivity index (χ1n) is 10.4. The van der Waals surface area contributed by atoms with Crippen molar-refractivity contribution in [2.24, 2.45) is 0 Å². The van der Waals surface area contributed by atoms with Gasteiger partial charge < -0.3 is 15.0 Å². The first kappa shape index (κ1) is 23.5. The van der Waals surface area contributed by atoms with Crippen molar-refractivity contribution in [3.63, 3.8) is 0 Å². The van der Waals surface area contributed by atoms with Crippen LogP contribution in [0.3, 0.4) is 0 Å². The summed E-state index contributed by atoms with van der Waals surface area (Å²) in [6.45, 7) is 6.77. The van der Waals surface area contributed by atoms with Gasteiger partial charge in [0.15, 0.2) is 6.10 Å². The van der Waals surface area contributed by atoms with Crippen LogP contribution in [0.4, 0.5) is 5.69 Å². The Balaban J connectivity index is 1.74. The minimum absolute atomic E-state index is 0.145. The molecular weight excluding hydrogens is 390 g/mol. The number of anilines is 1. The van der Waals surface area contributed by atoms with E-state index in [0.717, 1.165) is 25.8 Å². The van der Waals surface area contributed by atoms with Crippen LogP contribution in [0.1, 0.15) is 46.0 Å². The Morgan fingerprint density at radius 1 is 1.31 bits per heavy atom. The van der Waals surface area contributed by atoms with Gasteiger partial charge >= 0.3 is 0 Å². The first-order valence-corrected chi connectivity index (χ1v) is 12.3. The molecule has 0 bridgehead atoms. The Hall–Kier alpha value is -1.80. The maximum absolute atomic E-state index is 12.3. The Kier molecular flexibility index (Phi) is 8.77. The van der Waals surface area contributed by atoms with E-state index in [9.17, 15) is 13.2 Å². The van der Waals surface area contributed by atoms with Crippen molar-refractivity contribution in [2.75, 3.05) is 37.2 Å². The highest BCUT2D eigenvalue weighted by atomic mass is 32.2. The number of hydrogen-bond acceptors (Lipinski definition) is 5. The summed E-state index contributed by atoms with van der Waals surface area (Å²) in [6, 6.07) is 7.34. The molecule has 1 N–H and O–H groups in total. The van der Waals surface area contributed by atoms with Crippen LogP contribution in [-0.2, 0) is 14.8 Å². The second-order valence-electron chi connectivity index (χ2n) is 7.72. The van der Waals surface area contributed by atoms with Gasteiger partial charge in [0.25, 0.3) is 5.91 Å². The molecule has 0 aromatic heterocycles. The summed E-state index contributed by atoms with van der Waals surface area (Å²) in [6.07, 6.45) is 6.53. The summed E-state index contributed by atoms with van der Waals surface area (Å²) in [5.41, 5.74) is 0.542. The van der Waals surface area contributed by atoms with Gasteiger partial charge in [-0.15, -0.1) is 0 Å². The quantitative estimate of drug-likeness (QED) is 0.583. The standard InChI is InChI=1S/C21H35N3O4S/c1-5-18-9-6-7-15-24(18)16-8-14-22-21(25)17(2)28-20-12-10-19(11-13-20)23(3)29(4,26)27/h10-13,17-18H,5-9,14-16H2,1-4H3,(H,22,25). The molecule has 2 rings (SSSR count). The van der Waals surface area contributed by atoms with Gasteiger partial charge in [-0.2, -0.15) is 0 Å². The van der Waals surface area contributed by atoms with E-state index in [-0.39, 0.29) is 5.91 Å². The molecule has 0 aliphatic carbocycles. The fourth-order valence-electron chi connectivity index (χ4n) is 3.64. The second kappa shape index (κ2) is 10.8. The second-order valence-corrected chi connectivity index (χ2v) is 9.74. The molecule has 8 heteroatoms. The van der Waals surface area contributed by atoms with Crippen molar-refractivity contribution in [2.45, 2.75) is 58.1 Å². The van der Waals surface area contributed by atoms with Crippen LogP contribution in [0.15, 0.2) is 24.3 Å². The largest absolute Gasteiger partial charge is 0.481 e. The highest BCUT2D eigenvalue weighted by Crippen LogP contribution is 2.21. The van der Waals surface area contributed by atoms with Crippen LogP contribution in [0.2, 0.25) is 0 Å². The van der Waals surface area contributed by atoms with Crippen LogP contribution in [0.25, 0.3) is 0 Å². The van der Waals surface area contributed by atoms with Gasteiger partial charge in [0.05, 0.1) is 11.9 Å². The lowest BCUT2D eigenvalue weighted by molar-refractivity contribution is -0.127. The number of carbonyl (C=O) groups is 1. The molecule has 0 radical (unpaired) electrons. The molecule has 1 aromatic carbocycles. The lowest BCUT2D eigenvalue weighted by Crippen LogP contribution is -2.41. The van der Waals surface area contributed by atoms with Gasteiger partial charge in [0.2, 0.25) is 10.0 Å². The highest BCUT2D eigenvalue weighted by Gasteiger charge is 2.20. The van der Waals surface area contributed by atoms with E-state index in [1.165, 1.54) is 37.0 Å². The Labute approximate surface area is 175 Å². The molecule has 1 aromatic rings. The number of sulfonamides is 1. The van der Waals surface area contributed by atoms with Crippen molar-refractivity contribution in [1.82, 2.24) is 10.2 Å². The number of amides is 1. The van der Waals surface area contributed by atoms with Gasteiger partial charge in [-0.05, 0) is 63.4 Å². The third kappa shape index (κ3) is 7.19. The van der Waals surface area contributed by atoms with Crippen LogP contribution in [0.5, 0.6) is 5.75 Å². The highest BCUT2D eigenvalue weighted by molar-refractivity contribution is 7.92. The molecule has 1 aliphatic rings. The summed E-state index contributed by atoms with van der Waals surface area (Å²) in [5, 5.41) is 2.95. The van der Waals surface area contributed by atoms with Gasteiger partial charge in [-0.25, -0.2) is 8.42 Å². The Morgan fingerprint density at radius 2 is 2.00 bits per heavy atom. The summed E-state index contributed by atoms with van der Waals surface area (Å²) in [7, 11) is -1.81. The van der Waals surface area contributed by atoms with E-state index in [4.69, 9.17) is 4.74 Å². The number of hydrogen-bond donors (Lipinski definition) is 1. The fraction of sp³-hybridized carbons (Fsp3) is 0.667. The monoisotopic (exact) mass is 425 g/mol. The summed E-state index contributed by atoms with van der Waals surface area (Å²) in [5.74, 6) is 0.380. The van der Waals surface area contributed by atoms with E-state index in [0.29, 0.717) is 24.0 Å². The zero-order valence-electron chi connectivity index (χ0n) is 18.1. The Bertz CT molecular complexity index is 752. The molecule has 2 unspecified atom stereocenters. The van der Waals surface area contributed by atoms with E-state index >= 15 is 0 Å². The number of carbonyl (C=O) groups excluding carboxylic acids is 1. The zero-order valence-corrected chi connectivity index (χ0v) is 18.9. The summed E-state index contributed by atoms with van der Waals surface area (Å²) < 4.78 is 30.0. The minimum atomic E-state index is -3.31. The normalized spacial score (nSPS) is 18.8. The van der Waals surface area contributed by atoms with Gasteiger partial charge in [0, 0.05) is 26.2 Å². The zero-order chi connectivity index (χ0) is 21.4. The lowest BCUT2D eigenvalue weighted by Gasteiger charge is -2.35. The molecule has 2 atom stereocenters. The van der Waals surface area contributed by atoms with Crippen molar-refractivity contribution in [3.05, 3.63) is 24.3 Å². The average molecular weight is 426 g/mol. The lowest BCUT2D eigenvalue weighted by atomic mass is 10.00. The Morgan fingerprint density at radius 3 is 2.62 bits per heavy atom. The number of nitrogens with one attached hydrogen (secondary N) is 1. The SMILES string of the molecule is CCC1CCCCN1CCCNC(=O)C(C)Oc1ccc(N(C)S(C)(=O)=O)cc1. The maximum Gasteiger partial charge on any atom is 0.260 e. The fourth-order valence-corrected chi connectivity index (χ4v) is 4.14. The molecule has 29 heavy (non-hydrogen) atoms. The number of nitrogens with zero attached hydrogens (tertiary/aromatic N) is 2. The first-order chi connectivity index (χ1) is 13.7.